The fraction of sp³-hybridized carbons (Fsp3) is 0.875. The molecule has 76 valence electrons. The number of nitrogens with zero attached hydrogens (tertiary/aromatic N) is 1. The predicted molar refractivity (Wildman–Crippen MR) is 45.7 cm³/mol. The number of aliphatic carboxylic acids is 1. The van der Waals surface area contributed by atoms with Gasteiger partial charge in [0.15, 0.2) is 0 Å². The minimum Gasteiger partial charge on any atom is -0.480 e. The molecule has 1 heterocycles. The lowest BCUT2D eigenvalue weighted by molar-refractivity contribution is -0.149. The third kappa shape index (κ3) is 2.95. The van der Waals surface area contributed by atoms with Crippen LogP contribution in [0.4, 0.5) is 0 Å². The van der Waals surface area contributed by atoms with Crippen molar-refractivity contribution in [2.24, 2.45) is 0 Å². The topological polar surface area (TPSA) is 59.0 Å². The van der Waals surface area contributed by atoms with Gasteiger partial charge in [-0.15, -0.1) is 0 Å². The van der Waals surface area contributed by atoms with E-state index < -0.39 is 12.0 Å². The lowest BCUT2D eigenvalue weighted by Gasteiger charge is -2.32. The third-order valence-corrected chi connectivity index (χ3v) is 2.11. The van der Waals surface area contributed by atoms with E-state index in [1.54, 1.807) is 7.11 Å². The highest BCUT2D eigenvalue weighted by atomic mass is 16.5. The van der Waals surface area contributed by atoms with Gasteiger partial charge < -0.3 is 14.6 Å². The summed E-state index contributed by atoms with van der Waals surface area (Å²) in [6, 6.07) is -0.510. The van der Waals surface area contributed by atoms with Crippen molar-refractivity contribution in [1.29, 1.82) is 0 Å². The highest BCUT2D eigenvalue weighted by Crippen LogP contribution is 2.06. The van der Waals surface area contributed by atoms with Crippen molar-refractivity contribution in [3.05, 3.63) is 0 Å². The number of ether oxygens (including phenoxy) is 2. The van der Waals surface area contributed by atoms with Crippen molar-refractivity contribution in [2.45, 2.75) is 6.04 Å². The Labute approximate surface area is 77.2 Å². The van der Waals surface area contributed by atoms with E-state index in [1.807, 2.05) is 4.90 Å². The molecule has 1 unspecified atom stereocenters. The van der Waals surface area contributed by atoms with E-state index >= 15 is 0 Å². The molecule has 1 atom stereocenters. The highest BCUT2D eigenvalue weighted by molar-refractivity contribution is 5.73. The fourth-order valence-corrected chi connectivity index (χ4v) is 1.34. The summed E-state index contributed by atoms with van der Waals surface area (Å²) in [5.74, 6) is -0.823. The van der Waals surface area contributed by atoms with Crippen LogP contribution in [0, 0.1) is 0 Å². The average Bonchev–Trinajstić information content (AvgIpc) is 2.15. The lowest BCUT2D eigenvalue weighted by Crippen LogP contribution is -2.50. The standard InChI is InChI=1S/C8H15NO4/c1-12-4-2-9-3-5-13-6-7(9)8(10)11/h7H,2-6H2,1H3,(H,10,11). The molecule has 0 aromatic carbocycles. The van der Waals surface area contributed by atoms with Gasteiger partial charge in [-0.25, -0.2) is 0 Å². The lowest BCUT2D eigenvalue weighted by atomic mass is 10.2. The smallest absolute Gasteiger partial charge is 0.323 e. The van der Waals surface area contributed by atoms with E-state index in [-0.39, 0.29) is 6.61 Å². The summed E-state index contributed by atoms with van der Waals surface area (Å²) in [6.45, 7) is 2.76. The molecule has 1 aliphatic rings. The van der Waals surface area contributed by atoms with Crippen LogP contribution in [-0.2, 0) is 14.3 Å². The van der Waals surface area contributed by atoms with Gasteiger partial charge in [-0.05, 0) is 0 Å². The zero-order valence-corrected chi connectivity index (χ0v) is 7.73. The van der Waals surface area contributed by atoms with Gasteiger partial charge in [-0.3, -0.25) is 9.69 Å². The quantitative estimate of drug-likeness (QED) is 0.641. The second kappa shape index (κ2) is 5.16. The zero-order chi connectivity index (χ0) is 9.68. The molecule has 0 spiro atoms. The number of methoxy groups -OCH3 is 1. The minimum absolute atomic E-state index is 0.277. The fourth-order valence-electron chi connectivity index (χ4n) is 1.34. The van der Waals surface area contributed by atoms with Gasteiger partial charge in [0.25, 0.3) is 0 Å². The van der Waals surface area contributed by atoms with Gasteiger partial charge in [0, 0.05) is 20.2 Å². The molecule has 5 heteroatoms. The first-order valence-corrected chi connectivity index (χ1v) is 4.29. The predicted octanol–water partition coefficient (Wildman–Crippen LogP) is -0.582. The molecule has 0 saturated carbocycles. The minimum atomic E-state index is -0.823. The Morgan fingerprint density at radius 2 is 2.54 bits per heavy atom. The molecule has 1 N–H and O–H groups in total. The Hall–Kier alpha value is -0.650. The molecule has 0 amide bonds. The summed E-state index contributed by atoms with van der Waals surface area (Å²) in [6.07, 6.45) is 0. The number of morpholine rings is 1. The molecule has 1 saturated heterocycles. The molecule has 5 nitrogen and oxygen atoms in total. The van der Waals surface area contributed by atoms with E-state index in [1.165, 1.54) is 0 Å². The molecular weight excluding hydrogens is 174 g/mol. The Bertz CT molecular complexity index is 174. The molecule has 0 aromatic rings. The van der Waals surface area contributed by atoms with Crippen LogP contribution >= 0.6 is 0 Å². The zero-order valence-electron chi connectivity index (χ0n) is 7.73. The second-order valence-electron chi connectivity index (χ2n) is 2.96. The number of carboxylic acids is 1. The maximum Gasteiger partial charge on any atom is 0.323 e. The van der Waals surface area contributed by atoms with E-state index in [9.17, 15) is 4.79 Å². The summed E-state index contributed by atoms with van der Waals surface area (Å²) >= 11 is 0. The van der Waals surface area contributed by atoms with Gasteiger partial charge in [0.05, 0.1) is 19.8 Å². The first-order valence-electron chi connectivity index (χ1n) is 4.29. The monoisotopic (exact) mass is 189 g/mol. The van der Waals surface area contributed by atoms with Gasteiger partial charge in [0.2, 0.25) is 0 Å². The molecule has 0 radical (unpaired) electrons. The van der Waals surface area contributed by atoms with Gasteiger partial charge >= 0.3 is 5.97 Å². The van der Waals surface area contributed by atoms with Crippen molar-refractivity contribution < 1.29 is 19.4 Å². The summed E-state index contributed by atoms with van der Waals surface area (Å²) in [5, 5.41) is 8.85. The molecule has 1 fully saturated rings. The van der Waals surface area contributed by atoms with E-state index in [4.69, 9.17) is 14.6 Å². The highest BCUT2D eigenvalue weighted by Gasteiger charge is 2.28. The summed E-state index contributed by atoms with van der Waals surface area (Å²) < 4.78 is 9.99. The molecule has 1 aliphatic heterocycles. The van der Waals surface area contributed by atoms with E-state index in [0.717, 1.165) is 0 Å². The number of carbonyl (C=O) groups is 1. The Kier molecular flexibility index (Phi) is 4.14. The molecular formula is C8H15NO4. The van der Waals surface area contributed by atoms with Crippen LogP contribution in [0.1, 0.15) is 0 Å². The van der Waals surface area contributed by atoms with Crippen molar-refractivity contribution in [3.8, 4) is 0 Å². The van der Waals surface area contributed by atoms with Crippen molar-refractivity contribution >= 4 is 5.97 Å². The van der Waals surface area contributed by atoms with Crippen LogP contribution in [-0.4, -0.2) is 62.0 Å². The van der Waals surface area contributed by atoms with Gasteiger partial charge in [0.1, 0.15) is 6.04 Å². The Morgan fingerprint density at radius 3 is 3.15 bits per heavy atom. The molecule has 13 heavy (non-hydrogen) atoms. The maximum atomic E-state index is 10.8. The number of rotatable bonds is 4. The van der Waals surface area contributed by atoms with Crippen LogP contribution in [0.25, 0.3) is 0 Å². The molecule has 1 rings (SSSR count). The van der Waals surface area contributed by atoms with Crippen LogP contribution < -0.4 is 0 Å². The number of hydrogen-bond acceptors (Lipinski definition) is 4. The SMILES string of the molecule is COCCN1CCOCC1C(=O)O. The number of hydrogen-bond donors (Lipinski definition) is 1. The van der Waals surface area contributed by atoms with Crippen molar-refractivity contribution in [1.82, 2.24) is 4.90 Å². The molecule has 0 bridgehead atoms. The Morgan fingerprint density at radius 1 is 1.77 bits per heavy atom. The van der Waals surface area contributed by atoms with Crippen molar-refractivity contribution in [2.75, 3.05) is 40.0 Å². The van der Waals surface area contributed by atoms with Crippen LogP contribution in [0.2, 0.25) is 0 Å². The third-order valence-electron chi connectivity index (χ3n) is 2.11. The molecule has 0 aliphatic carbocycles. The number of carboxylic acid groups (broad SMARTS) is 1. The summed E-state index contributed by atoms with van der Waals surface area (Å²) in [5.41, 5.74) is 0. The van der Waals surface area contributed by atoms with Crippen LogP contribution in [0.3, 0.4) is 0 Å². The van der Waals surface area contributed by atoms with Crippen molar-refractivity contribution in [3.63, 3.8) is 0 Å². The normalized spacial score (nSPS) is 24.5. The van der Waals surface area contributed by atoms with Crippen LogP contribution in [0.5, 0.6) is 0 Å². The van der Waals surface area contributed by atoms with Crippen LogP contribution in [0.15, 0.2) is 0 Å². The van der Waals surface area contributed by atoms with Gasteiger partial charge in [-0.1, -0.05) is 0 Å². The van der Waals surface area contributed by atoms with E-state index in [0.29, 0.717) is 26.3 Å². The van der Waals surface area contributed by atoms with Gasteiger partial charge in [-0.2, -0.15) is 0 Å². The average molecular weight is 189 g/mol. The summed E-state index contributed by atoms with van der Waals surface area (Å²) in [7, 11) is 1.61. The van der Waals surface area contributed by atoms with E-state index in [2.05, 4.69) is 0 Å². The molecule has 0 aromatic heterocycles. The maximum absolute atomic E-state index is 10.8. The largest absolute Gasteiger partial charge is 0.480 e. The Balaban J connectivity index is 2.41. The summed E-state index contributed by atoms with van der Waals surface area (Å²) in [4.78, 5) is 12.6. The first kappa shape index (κ1) is 10.4. The first-order chi connectivity index (χ1) is 6.25. The second-order valence-corrected chi connectivity index (χ2v) is 2.96.